The van der Waals surface area contributed by atoms with E-state index in [1.807, 2.05) is 40.0 Å². The molecular formula is C18H21N5O3. The standard InChI is InChI=1S/C18H21N5O3/c24-17(22-10-3-5-14(22)13-21-9-4-8-19-21)20-15-6-1-2-7-16(15)23-11-12-26-18(23)25/h1-2,4,6-9,14H,3,5,10-13H2,(H,20,24)/t14-/m1/s1. The molecular weight excluding hydrogens is 334 g/mol. The average molecular weight is 355 g/mol. The summed E-state index contributed by atoms with van der Waals surface area (Å²) in [6, 6.07) is 9.13. The van der Waals surface area contributed by atoms with Crippen molar-refractivity contribution >= 4 is 23.5 Å². The molecule has 2 aromatic rings. The van der Waals surface area contributed by atoms with E-state index in [9.17, 15) is 9.59 Å². The quantitative estimate of drug-likeness (QED) is 0.914. The molecule has 1 aromatic heterocycles. The number of likely N-dealkylation sites (tertiary alicyclic amines) is 1. The van der Waals surface area contributed by atoms with Gasteiger partial charge >= 0.3 is 12.1 Å². The van der Waals surface area contributed by atoms with E-state index in [0.29, 0.717) is 37.6 Å². The first-order valence-corrected chi connectivity index (χ1v) is 8.81. The molecule has 0 unspecified atom stereocenters. The predicted octanol–water partition coefficient (Wildman–Crippen LogP) is 2.54. The lowest BCUT2D eigenvalue weighted by Crippen LogP contribution is -2.41. The van der Waals surface area contributed by atoms with Crippen LogP contribution >= 0.6 is 0 Å². The topological polar surface area (TPSA) is 79.7 Å². The summed E-state index contributed by atoms with van der Waals surface area (Å²) in [5.74, 6) is 0. The van der Waals surface area contributed by atoms with Crippen molar-refractivity contribution in [3.8, 4) is 0 Å². The van der Waals surface area contributed by atoms with Crippen LogP contribution in [0.2, 0.25) is 0 Å². The number of urea groups is 1. The second kappa shape index (κ2) is 7.07. The Morgan fingerprint density at radius 2 is 2.15 bits per heavy atom. The molecule has 4 rings (SSSR count). The van der Waals surface area contributed by atoms with Gasteiger partial charge in [-0.3, -0.25) is 9.58 Å². The molecule has 2 aliphatic heterocycles. The molecule has 3 heterocycles. The fourth-order valence-corrected chi connectivity index (χ4v) is 3.53. The normalized spacial score (nSPS) is 19.7. The number of rotatable bonds is 4. The van der Waals surface area contributed by atoms with Gasteiger partial charge in [-0.05, 0) is 31.0 Å². The van der Waals surface area contributed by atoms with Crippen molar-refractivity contribution in [3.63, 3.8) is 0 Å². The fraction of sp³-hybridized carbons (Fsp3) is 0.389. The van der Waals surface area contributed by atoms with Crippen LogP contribution in [0.4, 0.5) is 21.0 Å². The molecule has 1 atom stereocenters. The van der Waals surface area contributed by atoms with E-state index >= 15 is 0 Å². The van der Waals surface area contributed by atoms with Crippen LogP contribution in [-0.4, -0.2) is 52.5 Å². The number of hydrogen-bond donors (Lipinski definition) is 1. The Bertz CT molecular complexity index is 792. The van der Waals surface area contributed by atoms with E-state index in [2.05, 4.69) is 10.4 Å². The molecule has 2 saturated heterocycles. The van der Waals surface area contributed by atoms with E-state index in [4.69, 9.17) is 4.74 Å². The van der Waals surface area contributed by atoms with Gasteiger partial charge in [0.1, 0.15) is 6.61 Å². The number of aromatic nitrogens is 2. The second-order valence-corrected chi connectivity index (χ2v) is 6.43. The van der Waals surface area contributed by atoms with Crippen molar-refractivity contribution in [1.82, 2.24) is 14.7 Å². The summed E-state index contributed by atoms with van der Waals surface area (Å²) in [6.07, 6.45) is 5.18. The van der Waals surface area contributed by atoms with E-state index in [1.54, 1.807) is 17.2 Å². The molecule has 2 fully saturated rings. The molecule has 2 aliphatic rings. The minimum absolute atomic E-state index is 0.110. The third-order valence-corrected chi connectivity index (χ3v) is 4.79. The Morgan fingerprint density at radius 1 is 1.27 bits per heavy atom. The van der Waals surface area contributed by atoms with Gasteiger partial charge in [0, 0.05) is 18.9 Å². The SMILES string of the molecule is O=C1OCCN1c1ccccc1NC(=O)N1CCC[C@@H]1Cn1cccn1. The van der Waals surface area contributed by atoms with Gasteiger partial charge in [0.25, 0.3) is 0 Å². The minimum atomic E-state index is -0.385. The van der Waals surface area contributed by atoms with Crippen LogP contribution in [0.15, 0.2) is 42.7 Å². The lowest BCUT2D eigenvalue weighted by atomic mass is 10.2. The number of hydrogen-bond acceptors (Lipinski definition) is 4. The molecule has 0 saturated carbocycles. The molecule has 0 spiro atoms. The highest BCUT2D eigenvalue weighted by Crippen LogP contribution is 2.29. The van der Waals surface area contributed by atoms with Crippen molar-refractivity contribution in [1.29, 1.82) is 0 Å². The average Bonchev–Trinajstić information content (AvgIpc) is 3.38. The summed E-state index contributed by atoms with van der Waals surface area (Å²) in [6.45, 7) is 2.24. The van der Waals surface area contributed by atoms with Crippen LogP contribution in [0.1, 0.15) is 12.8 Å². The summed E-state index contributed by atoms with van der Waals surface area (Å²) in [7, 11) is 0. The van der Waals surface area contributed by atoms with Gasteiger partial charge in [0.05, 0.1) is 30.5 Å². The molecule has 0 bridgehead atoms. The van der Waals surface area contributed by atoms with Gasteiger partial charge in [-0.1, -0.05) is 12.1 Å². The molecule has 26 heavy (non-hydrogen) atoms. The maximum atomic E-state index is 12.9. The van der Waals surface area contributed by atoms with Gasteiger partial charge in [-0.2, -0.15) is 5.10 Å². The highest BCUT2D eigenvalue weighted by Gasteiger charge is 2.31. The third-order valence-electron chi connectivity index (χ3n) is 4.79. The van der Waals surface area contributed by atoms with Crippen LogP contribution in [0.3, 0.4) is 0 Å². The first-order valence-electron chi connectivity index (χ1n) is 8.81. The summed E-state index contributed by atoms with van der Waals surface area (Å²) in [5, 5.41) is 7.20. The summed E-state index contributed by atoms with van der Waals surface area (Å²) < 4.78 is 6.86. The third kappa shape index (κ3) is 3.22. The largest absolute Gasteiger partial charge is 0.447 e. The Labute approximate surface area is 151 Å². The fourth-order valence-electron chi connectivity index (χ4n) is 3.53. The van der Waals surface area contributed by atoms with Crippen molar-refractivity contribution in [2.45, 2.75) is 25.4 Å². The van der Waals surface area contributed by atoms with Crippen LogP contribution in [-0.2, 0) is 11.3 Å². The highest BCUT2D eigenvalue weighted by molar-refractivity contribution is 5.99. The Hall–Kier alpha value is -3.03. The van der Waals surface area contributed by atoms with Crippen LogP contribution in [0.25, 0.3) is 0 Å². The number of ether oxygens (including phenoxy) is 1. The van der Waals surface area contributed by atoms with E-state index in [0.717, 1.165) is 12.8 Å². The molecule has 0 radical (unpaired) electrons. The van der Waals surface area contributed by atoms with Crippen molar-refractivity contribution in [2.24, 2.45) is 0 Å². The van der Waals surface area contributed by atoms with E-state index in [-0.39, 0.29) is 18.2 Å². The lowest BCUT2D eigenvalue weighted by Gasteiger charge is -2.26. The van der Waals surface area contributed by atoms with E-state index in [1.165, 1.54) is 0 Å². The first-order chi connectivity index (χ1) is 12.7. The number of carbonyl (C=O) groups is 2. The predicted molar refractivity (Wildman–Crippen MR) is 96.1 cm³/mol. The summed E-state index contributed by atoms with van der Waals surface area (Å²) in [4.78, 5) is 28.1. The summed E-state index contributed by atoms with van der Waals surface area (Å²) >= 11 is 0. The van der Waals surface area contributed by atoms with Crippen LogP contribution in [0, 0.1) is 0 Å². The highest BCUT2D eigenvalue weighted by atomic mass is 16.6. The smallest absolute Gasteiger partial charge is 0.414 e. The first kappa shape index (κ1) is 16.4. The number of nitrogens with one attached hydrogen (secondary N) is 1. The molecule has 1 aromatic carbocycles. The van der Waals surface area contributed by atoms with Crippen molar-refractivity contribution < 1.29 is 14.3 Å². The molecule has 1 N–H and O–H groups in total. The zero-order valence-corrected chi connectivity index (χ0v) is 14.4. The molecule has 8 nitrogen and oxygen atoms in total. The maximum Gasteiger partial charge on any atom is 0.414 e. The number of cyclic esters (lactones) is 1. The van der Waals surface area contributed by atoms with Crippen molar-refractivity contribution in [2.75, 3.05) is 29.9 Å². The van der Waals surface area contributed by atoms with Gasteiger partial charge in [-0.15, -0.1) is 0 Å². The Morgan fingerprint density at radius 3 is 2.92 bits per heavy atom. The Balaban J connectivity index is 1.48. The maximum absolute atomic E-state index is 12.9. The number of carbonyl (C=O) groups excluding carboxylic acids is 2. The number of benzene rings is 1. The van der Waals surface area contributed by atoms with Crippen LogP contribution < -0.4 is 10.2 Å². The summed E-state index contributed by atoms with van der Waals surface area (Å²) in [5.41, 5.74) is 1.27. The van der Waals surface area contributed by atoms with Crippen LogP contribution in [0.5, 0.6) is 0 Å². The van der Waals surface area contributed by atoms with Crippen molar-refractivity contribution in [3.05, 3.63) is 42.7 Å². The van der Waals surface area contributed by atoms with E-state index < -0.39 is 0 Å². The van der Waals surface area contributed by atoms with Gasteiger partial charge < -0.3 is 15.0 Å². The zero-order chi connectivity index (χ0) is 17.9. The number of para-hydroxylation sites is 2. The molecule has 0 aliphatic carbocycles. The minimum Gasteiger partial charge on any atom is -0.447 e. The molecule has 8 heteroatoms. The number of amides is 3. The Kier molecular flexibility index (Phi) is 4.47. The van der Waals surface area contributed by atoms with Gasteiger partial charge in [0.15, 0.2) is 0 Å². The number of nitrogens with zero attached hydrogens (tertiary/aromatic N) is 4. The molecule has 136 valence electrons. The van der Waals surface area contributed by atoms with Gasteiger partial charge in [-0.25, -0.2) is 9.59 Å². The lowest BCUT2D eigenvalue weighted by molar-refractivity contribution is 0.181. The molecule has 3 amide bonds. The monoisotopic (exact) mass is 355 g/mol. The van der Waals surface area contributed by atoms with Gasteiger partial charge in [0.2, 0.25) is 0 Å². The zero-order valence-electron chi connectivity index (χ0n) is 14.4. The number of anilines is 2. The second-order valence-electron chi connectivity index (χ2n) is 6.43.